The number of hydrogen-bond acceptors (Lipinski definition) is 5. The van der Waals surface area contributed by atoms with Crippen LogP contribution in [0.3, 0.4) is 0 Å². The standard InChI is InChI=1S/C17H22N4O2/c1-5-11(2)18-16-10-14(19-12(3)20-16)17(22)21-13-8-6-7-9-15(13)23-4/h6-11H,5H2,1-4H3,(H,21,22)(H,18,19,20). The summed E-state index contributed by atoms with van der Waals surface area (Å²) in [6, 6.07) is 9.18. The minimum atomic E-state index is -0.299. The fourth-order valence-corrected chi connectivity index (χ4v) is 2.05. The van der Waals surface area contributed by atoms with Crippen LogP contribution in [0.4, 0.5) is 11.5 Å². The quantitative estimate of drug-likeness (QED) is 0.856. The molecule has 0 aliphatic heterocycles. The molecule has 1 atom stereocenters. The van der Waals surface area contributed by atoms with Gasteiger partial charge in [0.15, 0.2) is 0 Å². The van der Waals surface area contributed by atoms with Crippen LogP contribution in [-0.2, 0) is 0 Å². The van der Waals surface area contributed by atoms with Crippen LogP contribution in [0.1, 0.15) is 36.6 Å². The number of para-hydroxylation sites is 2. The lowest BCUT2D eigenvalue weighted by Crippen LogP contribution is -2.19. The van der Waals surface area contributed by atoms with Gasteiger partial charge in [0.25, 0.3) is 5.91 Å². The highest BCUT2D eigenvalue weighted by molar-refractivity contribution is 6.04. The first-order chi connectivity index (χ1) is 11.0. The third kappa shape index (κ3) is 4.42. The van der Waals surface area contributed by atoms with Gasteiger partial charge in [-0.25, -0.2) is 9.97 Å². The van der Waals surface area contributed by atoms with Crippen molar-refractivity contribution in [1.82, 2.24) is 9.97 Å². The number of carbonyl (C=O) groups is 1. The maximum atomic E-state index is 12.5. The van der Waals surface area contributed by atoms with E-state index in [4.69, 9.17) is 4.74 Å². The molecule has 0 aliphatic rings. The molecule has 0 saturated carbocycles. The third-order valence-electron chi connectivity index (χ3n) is 3.43. The van der Waals surface area contributed by atoms with Gasteiger partial charge in [-0.15, -0.1) is 0 Å². The van der Waals surface area contributed by atoms with Crippen molar-refractivity contribution in [3.63, 3.8) is 0 Å². The summed E-state index contributed by atoms with van der Waals surface area (Å²) in [7, 11) is 1.56. The normalized spacial score (nSPS) is 11.7. The van der Waals surface area contributed by atoms with Crippen LogP contribution in [0.2, 0.25) is 0 Å². The third-order valence-corrected chi connectivity index (χ3v) is 3.43. The molecule has 1 amide bonds. The molecule has 122 valence electrons. The fraction of sp³-hybridized carbons (Fsp3) is 0.353. The first-order valence-corrected chi connectivity index (χ1v) is 7.60. The second-order valence-corrected chi connectivity index (χ2v) is 5.29. The molecule has 0 fully saturated rings. The number of nitrogens with zero attached hydrogens (tertiary/aromatic N) is 2. The monoisotopic (exact) mass is 314 g/mol. The average molecular weight is 314 g/mol. The van der Waals surface area contributed by atoms with Gasteiger partial charge >= 0.3 is 0 Å². The van der Waals surface area contributed by atoms with E-state index in [1.165, 1.54) is 0 Å². The molecule has 2 rings (SSSR count). The number of carbonyl (C=O) groups excluding carboxylic acids is 1. The number of amides is 1. The second kappa shape index (κ2) is 7.58. The molecule has 6 heteroatoms. The molecule has 1 aromatic heterocycles. The van der Waals surface area contributed by atoms with Gasteiger partial charge < -0.3 is 15.4 Å². The Bertz CT molecular complexity index is 688. The second-order valence-electron chi connectivity index (χ2n) is 5.29. The predicted molar refractivity (Wildman–Crippen MR) is 91.1 cm³/mol. The maximum absolute atomic E-state index is 12.5. The number of rotatable bonds is 6. The summed E-state index contributed by atoms with van der Waals surface area (Å²) in [5, 5.41) is 6.08. The van der Waals surface area contributed by atoms with E-state index < -0.39 is 0 Å². The highest BCUT2D eigenvalue weighted by Gasteiger charge is 2.13. The largest absolute Gasteiger partial charge is 0.495 e. The smallest absolute Gasteiger partial charge is 0.274 e. The van der Waals surface area contributed by atoms with Crippen molar-refractivity contribution in [2.24, 2.45) is 0 Å². The van der Waals surface area contributed by atoms with E-state index in [9.17, 15) is 4.79 Å². The van der Waals surface area contributed by atoms with Crippen molar-refractivity contribution < 1.29 is 9.53 Å². The number of ether oxygens (including phenoxy) is 1. The maximum Gasteiger partial charge on any atom is 0.274 e. The molecule has 0 aliphatic carbocycles. The number of nitrogens with one attached hydrogen (secondary N) is 2. The first-order valence-electron chi connectivity index (χ1n) is 7.60. The lowest BCUT2D eigenvalue weighted by molar-refractivity contribution is 0.102. The van der Waals surface area contributed by atoms with Gasteiger partial charge in [-0.3, -0.25) is 4.79 Å². The van der Waals surface area contributed by atoms with Crippen LogP contribution in [0.5, 0.6) is 5.75 Å². The van der Waals surface area contributed by atoms with Crippen LogP contribution in [0.15, 0.2) is 30.3 Å². The summed E-state index contributed by atoms with van der Waals surface area (Å²) in [6.07, 6.45) is 0.964. The Labute approximate surface area is 136 Å². The Balaban J connectivity index is 2.22. The van der Waals surface area contributed by atoms with Gasteiger partial charge in [-0.05, 0) is 32.4 Å². The molecule has 0 saturated heterocycles. The molecule has 0 radical (unpaired) electrons. The van der Waals surface area contributed by atoms with E-state index in [1.807, 2.05) is 12.1 Å². The highest BCUT2D eigenvalue weighted by Crippen LogP contribution is 2.23. The molecule has 2 N–H and O–H groups in total. The molecule has 0 bridgehead atoms. The van der Waals surface area contributed by atoms with Crippen molar-refractivity contribution in [2.45, 2.75) is 33.2 Å². The topological polar surface area (TPSA) is 76.1 Å². The molecule has 6 nitrogen and oxygen atoms in total. The zero-order valence-electron chi connectivity index (χ0n) is 13.9. The van der Waals surface area contributed by atoms with Gasteiger partial charge in [-0.2, -0.15) is 0 Å². The van der Waals surface area contributed by atoms with Crippen LogP contribution in [-0.4, -0.2) is 29.0 Å². The van der Waals surface area contributed by atoms with Gasteiger partial charge in [0.2, 0.25) is 0 Å². The van der Waals surface area contributed by atoms with Crippen LogP contribution >= 0.6 is 0 Å². The SMILES string of the molecule is CCC(C)Nc1cc(C(=O)Nc2ccccc2OC)nc(C)n1. The Morgan fingerprint density at radius 3 is 2.74 bits per heavy atom. The lowest BCUT2D eigenvalue weighted by atomic mass is 10.2. The Hall–Kier alpha value is -2.63. The number of methoxy groups -OCH3 is 1. The zero-order chi connectivity index (χ0) is 16.8. The summed E-state index contributed by atoms with van der Waals surface area (Å²) in [6.45, 7) is 5.91. The summed E-state index contributed by atoms with van der Waals surface area (Å²) < 4.78 is 5.24. The lowest BCUT2D eigenvalue weighted by Gasteiger charge is -2.14. The van der Waals surface area contributed by atoms with E-state index in [0.717, 1.165) is 6.42 Å². The molecule has 2 aromatic rings. The van der Waals surface area contributed by atoms with Crippen molar-refractivity contribution in [2.75, 3.05) is 17.7 Å². The Morgan fingerprint density at radius 2 is 2.04 bits per heavy atom. The minimum Gasteiger partial charge on any atom is -0.495 e. The predicted octanol–water partition coefficient (Wildman–Crippen LogP) is 3.26. The van der Waals surface area contributed by atoms with Gasteiger partial charge in [0.05, 0.1) is 12.8 Å². The fourth-order valence-electron chi connectivity index (χ4n) is 2.05. The van der Waals surface area contributed by atoms with Gasteiger partial charge in [0, 0.05) is 12.1 Å². The van der Waals surface area contributed by atoms with Gasteiger partial charge in [0.1, 0.15) is 23.1 Å². The van der Waals surface area contributed by atoms with E-state index >= 15 is 0 Å². The first kappa shape index (κ1) is 16.7. The summed E-state index contributed by atoms with van der Waals surface area (Å²) in [5.41, 5.74) is 0.918. The average Bonchev–Trinajstić information content (AvgIpc) is 2.54. The number of aryl methyl sites for hydroxylation is 1. The Morgan fingerprint density at radius 1 is 1.30 bits per heavy atom. The van der Waals surface area contributed by atoms with E-state index in [1.54, 1.807) is 32.2 Å². The summed E-state index contributed by atoms with van der Waals surface area (Å²) in [5.74, 6) is 1.50. The van der Waals surface area contributed by atoms with Crippen LogP contribution in [0, 0.1) is 6.92 Å². The van der Waals surface area contributed by atoms with Crippen LogP contribution < -0.4 is 15.4 Å². The Kier molecular flexibility index (Phi) is 5.51. The van der Waals surface area contributed by atoms with Crippen molar-refractivity contribution in [3.05, 3.63) is 41.9 Å². The van der Waals surface area contributed by atoms with E-state index in [-0.39, 0.29) is 11.9 Å². The number of benzene rings is 1. The molecule has 1 unspecified atom stereocenters. The number of anilines is 2. The van der Waals surface area contributed by atoms with Crippen molar-refractivity contribution >= 4 is 17.4 Å². The molecule has 1 aromatic carbocycles. The molecule has 1 heterocycles. The highest BCUT2D eigenvalue weighted by atomic mass is 16.5. The van der Waals surface area contributed by atoms with Crippen LogP contribution in [0.25, 0.3) is 0 Å². The minimum absolute atomic E-state index is 0.273. The van der Waals surface area contributed by atoms with E-state index in [0.29, 0.717) is 28.8 Å². The molecule has 0 spiro atoms. The number of aromatic nitrogens is 2. The summed E-state index contributed by atoms with van der Waals surface area (Å²) >= 11 is 0. The van der Waals surface area contributed by atoms with Crippen molar-refractivity contribution in [1.29, 1.82) is 0 Å². The molecular formula is C17H22N4O2. The molecular weight excluding hydrogens is 292 g/mol. The summed E-state index contributed by atoms with van der Waals surface area (Å²) in [4.78, 5) is 21.0. The number of hydrogen-bond donors (Lipinski definition) is 2. The van der Waals surface area contributed by atoms with Crippen molar-refractivity contribution in [3.8, 4) is 5.75 Å². The van der Waals surface area contributed by atoms with E-state index in [2.05, 4.69) is 34.4 Å². The van der Waals surface area contributed by atoms with Gasteiger partial charge in [-0.1, -0.05) is 19.1 Å². The zero-order valence-corrected chi connectivity index (χ0v) is 13.9. The molecule has 23 heavy (non-hydrogen) atoms.